The molecule has 3 aromatic carbocycles. The molecule has 1 aliphatic carbocycles. The number of rotatable bonds is 4. The minimum absolute atomic E-state index is 0.0142. The second kappa shape index (κ2) is 7.33. The number of carboxylic acid groups (broad SMARTS) is 1. The van der Waals surface area contributed by atoms with Crippen molar-refractivity contribution in [2.75, 3.05) is 23.0 Å². The zero-order valence-electron chi connectivity index (χ0n) is 18.8. The normalized spacial score (nSPS) is 24.6. The van der Waals surface area contributed by atoms with Gasteiger partial charge >= 0.3 is 12.1 Å². The van der Waals surface area contributed by atoms with Crippen molar-refractivity contribution in [1.29, 1.82) is 0 Å². The predicted molar refractivity (Wildman–Crippen MR) is 131 cm³/mol. The second-order valence-corrected chi connectivity index (χ2v) is 9.82. The molecule has 1 saturated heterocycles. The molecule has 1 spiro atoms. The van der Waals surface area contributed by atoms with Gasteiger partial charge in [-0.3, -0.25) is 14.6 Å². The average Bonchev–Trinajstić information content (AvgIpc) is 3.13. The lowest BCUT2D eigenvalue weighted by molar-refractivity contribution is -0.120. The molecule has 3 aliphatic rings. The highest BCUT2D eigenvalue weighted by Crippen LogP contribution is 2.71. The summed E-state index contributed by atoms with van der Waals surface area (Å²) in [5.74, 6) is -1.26. The molecule has 2 amide bonds. The lowest BCUT2D eigenvalue weighted by atomic mass is 9.83. The minimum atomic E-state index is -1.15. The summed E-state index contributed by atoms with van der Waals surface area (Å²) in [7, 11) is 0. The van der Waals surface area contributed by atoms with Crippen LogP contribution in [0.3, 0.4) is 0 Å². The van der Waals surface area contributed by atoms with Crippen LogP contribution in [0.15, 0.2) is 66.7 Å². The number of carboxylic acids is 1. The van der Waals surface area contributed by atoms with Crippen LogP contribution in [0, 0.1) is 0 Å². The van der Waals surface area contributed by atoms with Crippen LogP contribution < -0.4 is 9.80 Å². The summed E-state index contributed by atoms with van der Waals surface area (Å²) in [4.78, 5) is 41.3. The number of carbonyl (C=O) groups excluding carboxylic acids is 2. The molecule has 3 aromatic rings. The van der Waals surface area contributed by atoms with Gasteiger partial charge in [0.25, 0.3) is 0 Å². The monoisotopic (exact) mass is 488 g/mol. The van der Waals surface area contributed by atoms with Gasteiger partial charge in [-0.1, -0.05) is 48.9 Å². The first-order chi connectivity index (χ1) is 16.8. The van der Waals surface area contributed by atoms with Crippen LogP contribution >= 0.6 is 11.6 Å². The fourth-order valence-corrected chi connectivity index (χ4v) is 5.82. The summed E-state index contributed by atoms with van der Waals surface area (Å²) in [6.07, 6.45) is 0.0818. The molecular formula is C27H21ClN2O5. The molecule has 35 heavy (non-hydrogen) atoms. The Labute approximate surface area is 206 Å². The van der Waals surface area contributed by atoms with Crippen molar-refractivity contribution in [3.8, 4) is 0 Å². The van der Waals surface area contributed by atoms with Crippen molar-refractivity contribution in [3.05, 3.63) is 88.4 Å². The van der Waals surface area contributed by atoms with E-state index in [1.54, 1.807) is 11.0 Å². The molecule has 0 unspecified atom stereocenters. The maximum absolute atomic E-state index is 14.2. The number of aromatic carboxylic acids is 1. The van der Waals surface area contributed by atoms with Crippen molar-refractivity contribution in [2.45, 2.75) is 24.2 Å². The summed E-state index contributed by atoms with van der Waals surface area (Å²) in [6.45, 7) is 2.61. The molecule has 7 nitrogen and oxygen atoms in total. The summed E-state index contributed by atoms with van der Waals surface area (Å²) in [6, 6.07) is 19.8. The number of nitrogens with zero attached hydrogens (tertiary/aromatic N) is 2. The van der Waals surface area contributed by atoms with Crippen molar-refractivity contribution in [1.82, 2.24) is 0 Å². The number of ether oxygens (including phenoxy) is 1. The highest BCUT2D eigenvalue weighted by atomic mass is 35.5. The topological polar surface area (TPSA) is 87.2 Å². The largest absolute Gasteiger partial charge is 0.478 e. The highest BCUT2D eigenvalue weighted by molar-refractivity contribution is 6.30. The Kier molecular flexibility index (Phi) is 4.54. The molecule has 1 saturated carbocycles. The van der Waals surface area contributed by atoms with E-state index in [2.05, 4.69) is 6.92 Å². The molecule has 2 heterocycles. The van der Waals surface area contributed by atoms with E-state index in [9.17, 15) is 19.5 Å². The third-order valence-electron chi connectivity index (χ3n) is 7.57. The zero-order valence-corrected chi connectivity index (χ0v) is 19.6. The average molecular weight is 489 g/mol. The molecule has 2 atom stereocenters. The van der Waals surface area contributed by atoms with E-state index in [1.807, 2.05) is 48.5 Å². The Morgan fingerprint density at radius 3 is 2.43 bits per heavy atom. The summed E-state index contributed by atoms with van der Waals surface area (Å²) < 4.78 is 5.04. The first kappa shape index (κ1) is 21.7. The number of halogens is 1. The smallest absolute Gasteiger partial charge is 0.414 e. The Hall–Kier alpha value is -3.84. The van der Waals surface area contributed by atoms with Crippen molar-refractivity contribution in [2.24, 2.45) is 0 Å². The molecule has 6 rings (SSSR count). The minimum Gasteiger partial charge on any atom is -0.478 e. The number of hydrogen-bond acceptors (Lipinski definition) is 4. The van der Waals surface area contributed by atoms with Crippen LogP contribution in [0.5, 0.6) is 0 Å². The molecule has 2 aliphatic heterocycles. The number of anilines is 3. The SMILES string of the molecule is C[C@@]1(c2ccc(Cl)cc2)C[C@]12C(=O)N(c1cc(C(=O)O)cc(N3CCOC3=O)c1)c1ccccc12. The van der Waals surface area contributed by atoms with Gasteiger partial charge in [-0.05, 0) is 53.9 Å². The van der Waals surface area contributed by atoms with Crippen LogP contribution in [0.1, 0.15) is 34.8 Å². The van der Waals surface area contributed by atoms with E-state index in [-0.39, 0.29) is 18.1 Å². The third-order valence-corrected chi connectivity index (χ3v) is 7.82. The van der Waals surface area contributed by atoms with Crippen molar-refractivity contribution in [3.63, 3.8) is 0 Å². The Morgan fingerprint density at radius 1 is 1.03 bits per heavy atom. The van der Waals surface area contributed by atoms with E-state index in [1.165, 1.54) is 17.0 Å². The zero-order chi connectivity index (χ0) is 24.5. The number of para-hydroxylation sites is 1. The van der Waals surface area contributed by atoms with Crippen LogP contribution in [0.4, 0.5) is 21.9 Å². The Morgan fingerprint density at radius 2 is 1.74 bits per heavy atom. The third kappa shape index (κ3) is 2.94. The number of benzene rings is 3. The number of amides is 2. The van der Waals surface area contributed by atoms with E-state index in [0.29, 0.717) is 35.1 Å². The van der Waals surface area contributed by atoms with Crippen LogP contribution in [0.25, 0.3) is 0 Å². The molecule has 176 valence electrons. The standard InChI is InChI=1S/C27H21ClN2O5/c1-26(17-6-8-18(28)9-7-17)15-27(26)21-4-2-3-5-22(21)30(24(27)33)20-13-16(23(31)32)12-19(14-20)29-10-11-35-25(29)34/h2-9,12-14H,10-11,15H2,1H3,(H,31,32)/t26-,27-/m0/s1. The van der Waals surface area contributed by atoms with Crippen LogP contribution in [-0.2, 0) is 20.4 Å². The van der Waals surface area contributed by atoms with Gasteiger partial charge < -0.3 is 9.84 Å². The molecular weight excluding hydrogens is 468 g/mol. The van der Waals surface area contributed by atoms with E-state index >= 15 is 0 Å². The van der Waals surface area contributed by atoms with Gasteiger partial charge in [-0.25, -0.2) is 9.59 Å². The van der Waals surface area contributed by atoms with E-state index < -0.39 is 22.9 Å². The predicted octanol–water partition coefficient (Wildman–Crippen LogP) is 5.27. The summed E-state index contributed by atoms with van der Waals surface area (Å²) >= 11 is 6.11. The molecule has 1 N–H and O–H groups in total. The molecule has 0 aromatic heterocycles. The number of cyclic esters (lactones) is 1. The van der Waals surface area contributed by atoms with Gasteiger partial charge in [0, 0.05) is 10.4 Å². The van der Waals surface area contributed by atoms with Crippen molar-refractivity contribution >= 4 is 46.6 Å². The second-order valence-electron chi connectivity index (χ2n) is 9.39. The molecule has 0 bridgehead atoms. The van der Waals surface area contributed by atoms with Gasteiger partial charge in [0.15, 0.2) is 0 Å². The molecule has 2 fully saturated rings. The number of hydrogen-bond donors (Lipinski definition) is 1. The molecule has 0 radical (unpaired) electrons. The van der Waals surface area contributed by atoms with Gasteiger partial charge in [-0.2, -0.15) is 0 Å². The lowest BCUT2D eigenvalue weighted by Crippen LogP contribution is -2.33. The number of fused-ring (bicyclic) bond motifs is 2. The fourth-order valence-electron chi connectivity index (χ4n) is 5.69. The number of carbonyl (C=O) groups is 3. The lowest BCUT2D eigenvalue weighted by Gasteiger charge is -2.23. The quantitative estimate of drug-likeness (QED) is 0.540. The van der Waals surface area contributed by atoms with Crippen LogP contribution in [0.2, 0.25) is 5.02 Å². The van der Waals surface area contributed by atoms with Gasteiger partial charge in [0.05, 0.1) is 34.6 Å². The van der Waals surface area contributed by atoms with Crippen molar-refractivity contribution < 1.29 is 24.2 Å². The maximum Gasteiger partial charge on any atom is 0.414 e. The highest BCUT2D eigenvalue weighted by Gasteiger charge is 2.74. The van der Waals surface area contributed by atoms with Gasteiger partial charge in [0.1, 0.15) is 6.61 Å². The first-order valence-electron chi connectivity index (χ1n) is 11.3. The van der Waals surface area contributed by atoms with Gasteiger partial charge in [0.2, 0.25) is 5.91 Å². The molecule has 8 heteroatoms. The summed E-state index contributed by atoms with van der Waals surface area (Å²) in [5.41, 5.74) is 2.20. The van der Waals surface area contributed by atoms with Gasteiger partial charge in [-0.15, -0.1) is 0 Å². The Bertz CT molecular complexity index is 1420. The first-order valence-corrected chi connectivity index (χ1v) is 11.7. The maximum atomic E-state index is 14.2. The van der Waals surface area contributed by atoms with Crippen LogP contribution in [-0.4, -0.2) is 36.2 Å². The van der Waals surface area contributed by atoms with E-state index in [0.717, 1.165) is 11.1 Å². The fraction of sp³-hybridized carbons (Fsp3) is 0.222. The summed E-state index contributed by atoms with van der Waals surface area (Å²) in [5, 5.41) is 10.4. The van der Waals surface area contributed by atoms with E-state index in [4.69, 9.17) is 16.3 Å². The Balaban J connectivity index is 1.50.